The van der Waals surface area contributed by atoms with Crippen LogP contribution >= 0.6 is 0 Å². The van der Waals surface area contributed by atoms with Crippen molar-refractivity contribution in [2.75, 3.05) is 0 Å². The van der Waals surface area contributed by atoms with Crippen molar-refractivity contribution in [1.82, 2.24) is 9.97 Å². The lowest BCUT2D eigenvalue weighted by Gasteiger charge is -1.79. The summed E-state index contributed by atoms with van der Waals surface area (Å²) in [4.78, 5) is 7.34. The second kappa shape index (κ2) is 2.03. The molecule has 0 fully saturated rings. The highest BCUT2D eigenvalue weighted by atomic mass is 14.8. The fourth-order valence-electron chi connectivity index (χ4n) is 0.357. The third-order valence-electron chi connectivity index (χ3n) is 0.678. The lowest BCUT2D eigenvalue weighted by atomic mass is 10.5. The monoisotopic (exact) mass is 106 g/mol. The number of hydrogen-bond acceptors (Lipinski definition) is 3. The fraction of sp³-hybridized carbons (Fsp3) is 0. The van der Waals surface area contributed by atoms with Gasteiger partial charge in [0, 0.05) is 12.4 Å². The minimum atomic E-state index is 0. The molecule has 1 rings (SSSR count). The van der Waals surface area contributed by atoms with Gasteiger partial charge in [0.15, 0.2) is 5.69 Å². The van der Waals surface area contributed by atoms with Crippen molar-refractivity contribution in [2.45, 2.75) is 0 Å². The van der Waals surface area contributed by atoms with Crippen molar-refractivity contribution in [1.29, 1.82) is 5.26 Å². The van der Waals surface area contributed by atoms with Gasteiger partial charge in [0.05, 0.1) is 6.20 Å². The molecule has 0 spiro atoms. The van der Waals surface area contributed by atoms with Crippen LogP contribution in [0.4, 0.5) is 0 Å². The van der Waals surface area contributed by atoms with Gasteiger partial charge in [-0.15, -0.1) is 0 Å². The topological polar surface area (TPSA) is 49.6 Å². The first kappa shape index (κ1) is 4.72. The van der Waals surface area contributed by atoms with E-state index in [9.17, 15) is 0 Å². The standard InChI is InChI=1S/C5H3N3/c6-3-5-4-7-1-2-8-5/h1-2,4H/p+1. The van der Waals surface area contributed by atoms with Crippen molar-refractivity contribution in [3.8, 4) is 6.07 Å². The summed E-state index contributed by atoms with van der Waals surface area (Å²) in [5.74, 6) is 0. The predicted molar refractivity (Wildman–Crippen MR) is 27.9 cm³/mol. The molecular formula is C5H4N3+. The molecule has 0 radical (unpaired) electrons. The molecule has 1 aromatic rings. The summed E-state index contributed by atoms with van der Waals surface area (Å²) in [6.07, 6.45) is 4.43. The molecular weight excluding hydrogens is 102 g/mol. The Morgan fingerprint density at radius 2 is 2.50 bits per heavy atom. The molecule has 0 unspecified atom stereocenters. The summed E-state index contributed by atoms with van der Waals surface area (Å²) >= 11 is 0. The second-order valence-corrected chi connectivity index (χ2v) is 1.20. The number of hydrogen-bond donors (Lipinski definition) is 0. The lowest BCUT2D eigenvalue weighted by Crippen LogP contribution is -1.79. The Bertz CT molecular complexity index is 203. The van der Waals surface area contributed by atoms with Gasteiger partial charge in [0.25, 0.3) is 0 Å². The van der Waals surface area contributed by atoms with Crippen molar-refractivity contribution < 1.29 is 1.43 Å². The Kier molecular flexibility index (Phi) is 1.20. The zero-order chi connectivity index (χ0) is 5.82. The summed E-state index contributed by atoms with van der Waals surface area (Å²) in [5, 5.41) is 8.19. The van der Waals surface area contributed by atoms with Gasteiger partial charge < -0.3 is 0 Å². The highest BCUT2D eigenvalue weighted by Crippen LogP contribution is 1.82. The van der Waals surface area contributed by atoms with Crippen LogP contribution in [0, 0.1) is 11.3 Å². The number of aromatic nitrogens is 2. The van der Waals surface area contributed by atoms with E-state index in [2.05, 4.69) is 9.97 Å². The van der Waals surface area contributed by atoms with Crippen LogP contribution in [-0.2, 0) is 0 Å². The van der Waals surface area contributed by atoms with E-state index in [-0.39, 0.29) is 1.43 Å². The molecule has 1 heterocycles. The van der Waals surface area contributed by atoms with Gasteiger partial charge in [-0.2, -0.15) is 5.26 Å². The molecule has 0 aliphatic rings. The third kappa shape index (κ3) is 0.793. The molecule has 0 bridgehead atoms. The first-order valence-electron chi connectivity index (χ1n) is 2.09. The van der Waals surface area contributed by atoms with E-state index in [4.69, 9.17) is 5.26 Å². The van der Waals surface area contributed by atoms with Gasteiger partial charge in [-0.25, -0.2) is 4.98 Å². The van der Waals surface area contributed by atoms with Gasteiger partial charge in [-0.3, -0.25) is 4.98 Å². The molecule has 8 heavy (non-hydrogen) atoms. The van der Waals surface area contributed by atoms with Crippen molar-refractivity contribution >= 4 is 0 Å². The SMILES string of the molecule is N#Cc1cnccn1.[H+]. The minimum absolute atomic E-state index is 0. The molecule has 1 aromatic heterocycles. The van der Waals surface area contributed by atoms with E-state index < -0.39 is 0 Å². The van der Waals surface area contributed by atoms with Crippen molar-refractivity contribution in [3.63, 3.8) is 0 Å². The number of nitriles is 1. The number of rotatable bonds is 0. The van der Waals surface area contributed by atoms with Gasteiger partial charge in [0.2, 0.25) is 0 Å². The summed E-state index contributed by atoms with van der Waals surface area (Å²) in [6, 6.07) is 1.85. The van der Waals surface area contributed by atoms with Crippen LogP contribution in [-0.4, -0.2) is 9.97 Å². The number of nitrogens with zero attached hydrogens (tertiary/aromatic N) is 3. The Hall–Kier alpha value is -1.43. The minimum Gasteiger partial charge on any atom is -0.260 e. The molecule has 0 amide bonds. The van der Waals surface area contributed by atoms with E-state index in [1.54, 1.807) is 0 Å². The molecule has 0 atom stereocenters. The van der Waals surface area contributed by atoms with Crippen LogP contribution in [0.15, 0.2) is 18.6 Å². The Balaban J connectivity index is 0.000000640. The summed E-state index contributed by atoms with van der Waals surface area (Å²) in [5.41, 5.74) is 0.354. The quantitative estimate of drug-likeness (QED) is 0.482. The molecule has 0 N–H and O–H groups in total. The van der Waals surface area contributed by atoms with Crippen molar-refractivity contribution in [2.24, 2.45) is 0 Å². The average molecular weight is 106 g/mol. The average Bonchev–Trinajstić information content (AvgIpc) is 1.90. The summed E-state index contributed by atoms with van der Waals surface area (Å²) in [6.45, 7) is 0. The van der Waals surface area contributed by atoms with Crippen LogP contribution in [0.25, 0.3) is 0 Å². The van der Waals surface area contributed by atoms with E-state index in [1.807, 2.05) is 6.07 Å². The maximum absolute atomic E-state index is 8.19. The van der Waals surface area contributed by atoms with Gasteiger partial charge >= 0.3 is 1.43 Å². The summed E-state index contributed by atoms with van der Waals surface area (Å²) in [7, 11) is 0. The lowest BCUT2D eigenvalue weighted by molar-refractivity contribution is 1.16. The smallest absolute Gasteiger partial charge is 0.260 e. The molecule has 0 aromatic carbocycles. The van der Waals surface area contributed by atoms with Crippen LogP contribution in [0.5, 0.6) is 0 Å². The largest absolute Gasteiger partial charge is 1.00 e. The van der Waals surface area contributed by atoms with E-state index >= 15 is 0 Å². The Morgan fingerprint density at radius 1 is 1.62 bits per heavy atom. The maximum Gasteiger partial charge on any atom is 1.00 e. The van der Waals surface area contributed by atoms with Crippen LogP contribution in [0.3, 0.4) is 0 Å². The van der Waals surface area contributed by atoms with E-state index in [0.29, 0.717) is 5.69 Å². The molecule has 38 valence electrons. The molecule has 3 nitrogen and oxygen atoms in total. The Labute approximate surface area is 48.1 Å². The highest BCUT2D eigenvalue weighted by Gasteiger charge is 1.82. The molecule has 0 aliphatic carbocycles. The summed E-state index contributed by atoms with van der Waals surface area (Å²) < 4.78 is 0. The van der Waals surface area contributed by atoms with Crippen LogP contribution in [0.1, 0.15) is 7.12 Å². The van der Waals surface area contributed by atoms with Gasteiger partial charge in [0.1, 0.15) is 6.07 Å². The zero-order valence-electron chi connectivity index (χ0n) is 5.07. The van der Waals surface area contributed by atoms with Crippen LogP contribution < -0.4 is 0 Å². The van der Waals surface area contributed by atoms with Gasteiger partial charge in [-0.1, -0.05) is 0 Å². The molecule has 3 heteroatoms. The normalized spacial score (nSPS) is 7.88. The zero-order valence-corrected chi connectivity index (χ0v) is 4.07. The van der Waals surface area contributed by atoms with Gasteiger partial charge in [-0.05, 0) is 0 Å². The predicted octanol–water partition coefficient (Wildman–Crippen LogP) is 0.461. The van der Waals surface area contributed by atoms with E-state index in [1.165, 1.54) is 18.6 Å². The maximum atomic E-state index is 8.19. The fourth-order valence-corrected chi connectivity index (χ4v) is 0.357. The second-order valence-electron chi connectivity index (χ2n) is 1.20. The third-order valence-corrected chi connectivity index (χ3v) is 0.678. The first-order chi connectivity index (χ1) is 3.93. The Morgan fingerprint density at radius 3 is 2.88 bits per heavy atom. The van der Waals surface area contributed by atoms with E-state index in [0.717, 1.165) is 0 Å². The van der Waals surface area contributed by atoms with Crippen molar-refractivity contribution in [3.05, 3.63) is 24.3 Å². The molecule has 0 aliphatic heterocycles. The highest BCUT2D eigenvalue weighted by molar-refractivity contribution is 5.13. The van der Waals surface area contributed by atoms with Crippen LogP contribution in [0.2, 0.25) is 0 Å². The first-order valence-corrected chi connectivity index (χ1v) is 2.09. The molecule has 0 saturated heterocycles. The molecule has 0 saturated carbocycles.